The third kappa shape index (κ3) is 1.40. The molecule has 0 aromatic carbocycles. The standard InChI is InChI=1S/C7H9NO3/c8-6(10)7(11)3-1-2-5(9)4-7/h1-3,9,11H,4H2,(H2,8,10). The van der Waals surface area contributed by atoms with E-state index in [4.69, 9.17) is 10.8 Å². The highest BCUT2D eigenvalue weighted by Crippen LogP contribution is 2.20. The maximum Gasteiger partial charge on any atom is 0.253 e. The van der Waals surface area contributed by atoms with Gasteiger partial charge in [0, 0.05) is 6.42 Å². The van der Waals surface area contributed by atoms with Gasteiger partial charge < -0.3 is 15.9 Å². The lowest BCUT2D eigenvalue weighted by Gasteiger charge is -2.21. The highest BCUT2D eigenvalue weighted by atomic mass is 16.3. The number of primary amides is 1. The Morgan fingerprint density at radius 2 is 2.36 bits per heavy atom. The first-order chi connectivity index (χ1) is 5.04. The van der Waals surface area contributed by atoms with Crippen LogP contribution in [0.3, 0.4) is 0 Å². The molecular weight excluding hydrogens is 146 g/mol. The van der Waals surface area contributed by atoms with Crippen molar-refractivity contribution in [3.8, 4) is 0 Å². The molecule has 1 unspecified atom stereocenters. The molecule has 0 heterocycles. The van der Waals surface area contributed by atoms with Crippen LogP contribution in [0.25, 0.3) is 0 Å². The number of nitrogens with two attached hydrogens (primary N) is 1. The van der Waals surface area contributed by atoms with Crippen molar-refractivity contribution in [1.29, 1.82) is 0 Å². The van der Waals surface area contributed by atoms with Crippen LogP contribution in [-0.2, 0) is 4.79 Å². The fraction of sp³-hybridized carbons (Fsp3) is 0.286. The largest absolute Gasteiger partial charge is 0.512 e. The van der Waals surface area contributed by atoms with Crippen LogP contribution in [-0.4, -0.2) is 21.7 Å². The molecule has 0 saturated heterocycles. The summed E-state index contributed by atoms with van der Waals surface area (Å²) in [5, 5.41) is 18.3. The van der Waals surface area contributed by atoms with Gasteiger partial charge in [-0.2, -0.15) is 0 Å². The molecule has 0 radical (unpaired) electrons. The van der Waals surface area contributed by atoms with Crippen LogP contribution < -0.4 is 5.73 Å². The first-order valence-corrected chi connectivity index (χ1v) is 3.14. The minimum atomic E-state index is -1.71. The molecule has 4 heteroatoms. The SMILES string of the molecule is NC(=O)C1(O)C=CC=C(O)C1. The summed E-state index contributed by atoms with van der Waals surface area (Å²) < 4.78 is 0. The van der Waals surface area contributed by atoms with E-state index >= 15 is 0 Å². The number of rotatable bonds is 1. The molecule has 11 heavy (non-hydrogen) atoms. The van der Waals surface area contributed by atoms with Gasteiger partial charge in [0.1, 0.15) is 0 Å². The molecule has 1 rings (SSSR count). The Balaban J connectivity index is 2.86. The molecule has 1 amide bonds. The molecule has 0 aromatic rings. The van der Waals surface area contributed by atoms with Gasteiger partial charge in [0.2, 0.25) is 0 Å². The van der Waals surface area contributed by atoms with E-state index in [-0.39, 0.29) is 12.2 Å². The summed E-state index contributed by atoms with van der Waals surface area (Å²) in [5.41, 5.74) is 3.18. The molecule has 0 bridgehead atoms. The van der Waals surface area contributed by atoms with Crippen LogP contribution in [0.4, 0.5) is 0 Å². The summed E-state index contributed by atoms with van der Waals surface area (Å²) in [6.07, 6.45) is 3.91. The van der Waals surface area contributed by atoms with Gasteiger partial charge in [0.05, 0.1) is 5.76 Å². The summed E-state index contributed by atoms with van der Waals surface area (Å²) in [6.45, 7) is 0. The van der Waals surface area contributed by atoms with Gasteiger partial charge in [-0.15, -0.1) is 0 Å². The Labute approximate surface area is 63.6 Å². The van der Waals surface area contributed by atoms with Crippen LogP contribution in [0.15, 0.2) is 24.0 Å². The molecular formula is C7H9NO3. The number of carbonyl (C=O) groups excluding carboxylic acids is 1. The van der Waals surface area contributed by atoms with E-state index < -0.39 is 11.5 Å². The number of aliphatic hydroxyl groups excluding tert-OH is 1. The van der Waals surface area contributed by atoms with Crippen LogP contribution >= 0.6 is 0 Å². The Morgan fingerprint density at radius 1 is 1.73 bits per heavy atom. The number of hydrogen-bond donors (Lipinski definition) is 3. The van der Waals surface area contributed by atoms with Crippen molar-refractivity contribution in [2.24, 2.45) is 5.73 Å². The van der Waals surface area contributed by atoms with Gasteiger partial charge in [-0.25, -0.2) is 0 Å². The summed E-state index contributed by atoms with van der Waals surface area (Å²) in [5.74, 6) is -0.901. The van der Waals surface area contributed by atoms with Crippen LogP contribution in [0.2, 0.25) is 0 Å². The fourth-order valence-corrected chi connectivity index (χ4v) is 0.882. The highest BCUT2D eigenvalue weighted by molar-refractivity contribution is 5.86. The molecule has 1 atom stereocenters. The topological polar surface area (TPSA) is 83.6 Å². The smallest absolute Gasteiger partial charge is 0.253 e. The number of carbonyl (C=O) groups is 1. The van der Waals surface area contributed by atoms with Gasteiger partial charge >= 0.3 is 0 Å². The van der Waals surface area contributed by atoms with Gasteiger partial charge in [-0.1, -0.05) is 6.08 Å². The molecule has 0 aliphatic heterocycles. The summed E-state index contributed by atoms with van der Waals surface area (Å²) in [4.78, 5) is 10.6. The maximum absolute atomic E-state index is 10.6. The predicted octanol–water partition coefficient (Wildman–Crippen LogP) is -0.395. The molecule has 0 fully saturated rings. The van der Waals surface area contributed by atoms with Gasteiger partial charge in [0.15, 0.2) is 5.60 Å². The van der Waals surface area contributed by atoms with Crippen molar-refractivity contribution < 1.29 is 15.0 Å². The third-order valence-electron chi connectivity index (χ3n) is 1.54. The average Bonchev–Trinajstić information content (AvgIpc) is 1.86. The minimum Gasteiger partial charge on any atom is -0.512 e. The quantitative estimate of drug-likeness (QED) is 0.482. The molecule has 1 aliphatic rings. The molecule has 4 N–H and O–H groups in total. The number of hydrogen-bond acceptors (Lipinski definition) is 3. The van der Waals surface area contributed by atoms with Crippen molar-refractivity contribution in [2.75, 3.05) is 0 Å². The summed E-state index contributed by atoms with van der Waals surface area (Å²) in [7, 11) is 0. The van der Waals surface area contributed by atoms with Gasteiger partial charge in [0.25, 0.3) is 5.91 Å². The second-order valence-electron chi connectivity index (χ2n) is 2.48. The Bertz CT molecular complexity index is 244. The van der Waals surface area contributed by atoms with Crippen molar-refractivity contribution >= 4 is 5.91 Å². The molecule has 4 nitrogen and oxygen atoms in total. The monoisotopic (exact) mass is 155 g/mol. The van der Waals surface area contributed by atoms with Crippen molar-refractivity contribution in [3.63, 3.8) is 0 Å². The van der Waals surface area contributed by atoms with Crippen molar-refractivity contribution in [3.05, 3.63) is 24.0 Å². The van der Waals surface area contributed by atoms with E-state index in [2.05, 4.69) is 0 Å². The van der Waals surface area contributed by atoms with Crippen molar-refractivity contribution in [1.82, 2.24) is 0 Å². The molecule has 0 saturated carbocycles. The number of aliphatic hydroxyl groups is 2. The summed E-state index contributed by atoms with van der Waals surface area (Å²) >= 11 is 0. The average molecular weight is 155 g/mol. The Morgan fingerprint density at radius 3 is 2.73 bits per heavy atom. The third-order valence-corrected chi connectivity index (χ3v) is 1.54. The Hall–Kier alpha value is -1.29. The highest BCUT2D eigenvalue weighted by Gasteiger charge is 2.33. The van der Waals surface area contributed by atoms with Crippen LogP contribution in [0.5, 0.6) is 0 Å². The maximum atomic E-state index is 10.6. The van der Waals surface area contributed by atoms with E-state index in [1.54, 1.807) is 0 Å². The zero-order chi connectivity index (χ0) is 8.48. The lowest BCUT2D eigenvalue weighted by molar-refractivity contribution is -0.132. The molecule has 0 spiro atoms. The van der Waals surface area contributed by atoms with E-state index in [1.807, 2.05) is 0 Å². The number of amides is 1. The second-order valence-corrected chi connectivity index (χ2v) is 2.48. The first-order valence-electron chi connectivity index (χ1n) is 3.14. The van der Waals surface area contributed by atoms with Gasteiger partial charge in [-0.3, -0.25) is 4.79 Å². The van der Waals surface area contributed by atoms with E-state index in [0.717, 1.165) is 0 Å². The second kappa shape index (κ2) is 2.39. The predicted molar refractivity (Wildman–Crippen MR) is 38.6 cm³/mol. The number of allylic oxidation sites excluding steroid dienone is 2. The van der Waals surface area contributed by atoms with Crippen molar-refractivity contribution in [2.45, 2.75) is 12.0 Å². The molecule has 0 aromatic heterocycles. The molecule has 1 aliphatic carbocycles. The van der Waals surface area contributed by atoms with Crippen LogP contribution in [0.1, 0.15) is 6.42 Å². The zero-order valence-electron chi connectivity index (χ0n) is 5.82. The van der Waals surface area contributed by atoms with Crippen LogP contribution in [0, 0.1) is 0 Å². The van der Waals surface area contributed by atoms with Gasteiger partial charge in [-0.05, 0) is 12.2 Å². The Kier molecular flexibility index (Phi) is 1.70. The molecule has 60 valence electrons. The van der Waals surface area contributed by atoms with E-state index in [1.165, 1.54) is 18.2 Å². The zero-order valence-corrected chi connectivity index (χ0v) is 5.82. The fourth-order valence-electron chi connectivity index (χ4n) is 0.882. The lowest BCUT2D eigenvalue weighted by atomic mass is 9.94. The normalized spacial score (nSPS) is 29.7. The lowest BCUT2D eigenvalue weighted by Crippen LogP contribution is -2.43. The van der Waals surface area contributed by atoms with E-state index in [0.29, 0.717) is 0 Å². The first kappa shape index (κ1) is 7.81. The summed E-state index contributed by atoms with van der Waals surface area (Å²) in [6, 6.07) is 0. The van der Waals surface area contributed by atoms with E-state index in [9.17, 15) is 9.90 Å². The minimum absolute atomic E-state index is 0.0474.